The summed E-state index contributed by atoms with van der Waals surface area (Å²) in [5.41, 5.74) is 4.97. The maximum absolute atomic E-state index is 12.5. The largest absolute Gasteiger partial charge is 1.00 e. The van der Waals surface area contributed by atoms with Crippen LogP contribution in [0.25, 0.3) is 11.2 Å². The summed E-state index contributed by atoms with van der Waals surface area (Å²) in [5, 5.41) is 26.2. The molecule has 0 bridgehead atoms. The maximum atomic E-state index is 12.5. The zero-order valence-corrected chi connectivity index (χ0v) is 36.6. The second-order valence-electron chi connectivity index (χ2n) is 12.9. The van der Waals surface area contributed by atoms with Crippen LogP contribution in [0.3, 0.4) is 0 Å². The molecular formula is C29H39N7NaO17P3S-2. The second kappa shape index (κ2) is 21.5. The molecule has 4 rings (SSSR count). The molecule has 8 atom stereocenters. The molecule has 58 heavy (non-hydrogen) atoms. The van der Waals surface area contributed by atoms with Gasteiger partial charge in [0.15, 0.2) is 22.8 Å². The van der Waals surface area contributed by atoms with Gasteiger partial charge in [0.1, 0.15) is 36.3 Å². The number of hydrogen-bond acceptors (Lipinski definition) is 21. The van der Waals surface area contributed by atoms with Crippen LogP contribution < -0.4 is 60.6 Å². The Bertz CT molecular complexity index is 2030. The Kier molecular flexibility index (Phi) is 18.6. The van der Waals surface area contributed by atoms with Crippen molar-refractivity contribution < 1.29 is 110 Å². The van der Waals surface area contributed by atoms with Crippen molar-refractivity contribution >= 4 is 69.1 Å². The number of aliphatic hydroxyl groups excluding tert-OH is 2. The smallest absolute Gasteiger partial charge is 0.756 e. The molecule has 0 aliphatic carbocycles. The minimum atomic E-state index is -5.90. The van der Waals surface area contributed by atoms with E-state index in [1.165, 1.54) is 13.8 Å². The van der Waals surface area contributed by atoms with Gasteiger partial charge in [0, 0.05) is 37.1 Å². The van der Waals surface area contributed by atoms with E-state index in [0.717, 1.165) is 34.5 Å². The summed E-state index contributed by atoms with van der Waals surface area (Å²) in [5.74, 6) is -1.22. The topological polar surface area (TPSA) is 372 Å². The SMILES string of the molecule is CC(C)(COP(=O)([O-])OP(=O)([O-])OCC1OC(n2cnc3c(N)ncnc32)C(O)C1OP(=O)([O-])O)C(O)C(=O)NCCC(=O)NCCSC(=O)Cc1ccccc1.[Na+]. The van der Waals surface area contributed by atoms with Crippen LogP contribution >= 0.6 is 35.2 Å². The second-order valence-corrected chi connectivity index (χ2v) is 18.1. The molecule has 2 aromatic heterocycles. The van der Waals surface area contributed by atoms with Crippen molar-refractivity contribution in [2.45, 2.75) is 57.3 Å². The Balaban J connectivity index is 0.00000900. The van der Waals surface area contributed by atoms with Gasteiger partial charge >= 0.3 is 29.6 Å². The first-order chi connectivity index (χ1) is 26.6. The fourth-order valence-electron chi connectivity index (χ4n) is 5.09. The Morgan fingerprint density at radius 3 is 2.40 bits per heavy atom. The first kappa shape index (κ1) is 50.1. The van der Waals surface area contributed by atoms with Crippen LogP contribution in [0.2, 0.25) is 0 Å². The number of carbonyl (C=O) groups is 3. The molecule has 3 aromatic rings. The molecule has 316 valence electrons. The monoisotopic (exact) mass is 905 g/mol. The fraction of sp³-hybridized carbons (Fsp3) is 0.517. The van der Waals surface area contributed by atoms with E-state index in [1.807, 2.05) is 30.3 Å². The van der Waals surface area contributed by atoms with Gasteiger partial charge in [-0.25, -0.2) is 19.3 Å². The zero-order chi connectivity index (χ0) is 42.2. The van der Waals surface area contributed by atoms with E-state index < -0.39 is 84.6 Å². The van der Waals surface area contributed by atoms with Gasteiger partial charge in [-0.3, -0.25) is 32.6 Å². The molecule has 0 spiro atoms. The van der Waals surface area contributed by atoms with Gasteiger partial charge < -0.3 is 64.5 Å². The van der Waals surface area contributed by atoms with Crippen LogP contribution in [0, 0.1) is 5.41 Å². The number of aromatic nitrogens is 4. The van der Waals surface area contributed by atoms with E-state index in [9.17, 15) is 57.9 Å². The molecule has 1 aliphatic rings. The molecule has 3 heterocycles. The predicted octanol–water partition coefficient (Wildman–Crippen LogP) is -4.98. The van der Waals surface area contributed by atoms with Gasteiger partial charge in [-0.15, -0.1) is 0 Å². The quantitative estimate of drug-likeness (QED) is 0.0331. The average Bonchev–Trinajstić information content (AvgIpc) is 3.68. The van der Waals surface area contributed by atoms with Gasteiger partial charge in [0.25, 0.3) is 23.5 Å². The maximum Gasteiger partial charge on any atom is 1.00 e. The molecule has 1 fully saturated rings. The van der Waals surface area contributed by atoms with Crippen molar-refractivity contribution in [1.29, 1.82) is 0 Å². The van der Waals surface area contributed by atoms with Crippen molar-refractivity contribution in [3.63, 3.8) is 0 Å². The number of rotatable bonds is 21. The Labute approximate surface area is 356 Å². The van der Waals surface area contributed by atoms with Crippen LogP contribution in [0.5, 0.6) is 0 Å². The third kappa shape index (κ3) is 15.0. The van der Waals surface area contributed by atoms with Gasteiger partial charge in [-0.05, 0) is 5.56 Å². The van der Waals surface area contributed by atoms with Gasteiger partial charge in [-0.1, -0.05) is 55.9 Å². The molecule has 2 amide bonds. The number of benzene rings is 1. The minimum absolute atomic E-state index is 0. The number of aliphatic hydroxyl groups is 2. The van der Waals surface area contributed by atoms with Crippen molar-refractivity contribution in [3.8, 4) is 0 Å². The summed E-state index contributed by atoms with van der Waals surface area (Å²) < 4.78 is 60.8. The number of amides is 2. The summed E-state index contributed by atoms with van der Waals surface area (Å²) in [6.45, 7) is 0.126. The Morgan fingerprint density at radius 2 is 1.72 bits per heavy atom. The molecule has 8 unspecified atom stereocenters. The third-order valence-electron chi connectivity index (χ3n) is 7.94. The third-order valence-corrected chi connectivity index (χ3v) is 11.8. The van der Waals surface area contributed by atoms with Crippen LogP contribution in [0.15, 0.2) is 43.0 Å². The first-order valence-corrected chi connectivity index (χ1v) is 22.0. The van der Waals surface area contributed by atoms with Crippen molar-refractivity contribution in [3.05, 3.63) is 48.5 Å². The first-order valence-electron chi connectivity index (χ1n) is 16.6. The van der Waals surface area contributed by atoms with Crippen molar-refractivity contribution in [1.82, 2.24) is 30.2 Å². The molecule has 1 aromatic carbocycles. The number of imidazole rings is 1. The van der Waals surface area contributed by atoms with Crippen LogP contribution in [0.4, 0.5) is 5.82 Å². The number of nitrogen functional groups attached to an aromatic ring is 1. The number of anilines is 1. The van der Waals surface area contributed by atoms with Crippen molar-refractivity contribution in [2.24, 2.45) is 5.41 Å². The summed E-state index contributed by atoms with van der Waals surface area (Å²) in [6.07, 6.45) is -7.15. The van der Waals surface area contributed by atoms with E-state index >= 15 is 0 Å². The average molecular weight is 906 g/mol. The number of nitrogens with zero attached hydrogens (tertiary/aromatic N) is 4. The molecule has 1 saturated heterocycles. The number of carbonyl (C=O) groups excluding carboxylic acids is 3. The molecule has 1 aliphatic heterocycles. The molecule has 24 nitrogen and oxygen atoms in total. The number of hydrogen-bond donors (Lipinski definition) is 6. The number of phosphoric ester groups is 3. The van der Waals surface area contributed by atoms with Gasteiger partial charge in [-0.2, -0.15) is 0 Å². The van der Waals surface area contributed by atoms with Crippen LogP contribution in [0.1, 0.15) is 32.1 Å². The van der Waals surface area contributed by atoms with Crippen LogP contribution in [-0.2, 0) is 57.1 Å². The molecule has 29 heteroatoms. The molecular weight excluding hydrogens is 866 g/mol. The predicted molar refractivity (Wildman–Crippen MR) is 191 cm³/mol. The van der Waals surface area contributed by atoms with Gasteiger partial charge in [0.2, 0.25) is 11.8 Å². The molecule has 0 saturated carbocycles. The number of ether oxygens (including phenoxy) is 1. The Hall–Kier alpha value is -2.22. The standard InChI is InChI=1S/C29H42N7O17P3S.Na/c1-29(2,24(40)27(41)32-9-8-19(37)31-10-11-57-20(38)12-17-6-4-3-5-7-17)14-50-56(47,48)53-55(45,46)49-13-18-23(52-54(42,43)44)22(39)28(51-18)36-16-35-21-25(30)33-15-34-26(21)36;/h3-7,15-16,18,22-24,28,39-40H,8-14H2,1-2H3,(H,31,37)(H,32,41)(H,45,46)(H,47,48)(H2,30,33,34)(H2,42,43,44);/q;+1/p-3. The normalized spacial score (nSPS) is 21.9. The summed E-state index contributed by atoms with van der Waals surface area (Å²) >= 11 is 1.06. The summed E-state index contributed by atoms with van der Waals surface area (Å²) in [7, 11) is -17.3. The van der Waals surface area contributed by atoms with Crippen molar-refractivity contribution in [2.75, 3.05) is 37.8 Å². The minimum Gasteiger partial charge on any atom is -0.756 e. The van der Waals surface area contributed by atoms with E-state index in [1.54, 1.807) is 0 Å². The fourth-order valence-corrected chi connectivity index (χ4v) is 8.54. The molecule has 0 radical (unpaired) electrons. The molecule has 7 N–H and O–H groups in total. The number of phosphoric acid groups is 3. The van der Waals surface area contributed by atoms with Gasteiger partial charge in [0.05, 0.1) is 19.5 Å². The van der Waals surface area contributed by atoms with E-state index in [2.05, 4.69) is 43.5 Å². The van der Waals surface area contributed by atoms with Crippen LogP contribution in [-0.4, -0.2) is 108 Å². The Morgan fingerprint density at radius 1 is 1.05 bits per heavy atom. The number of thioether (sulfide) groups is 1. The zero-order valence-electron chi connectivity index (χ0n) is 31.1. The summed E-state index contributed by atoms with van der Waals surface area (Å²) in [6, 6.07) is 9.13. The number of nitrogens with one attached hydrogen (secondary N) is 2. The number of nitrogens with two attached hydrogens (primary N) is 1. The summed E-state index contributed by atoms with van der Waals surface area (Å²) in [4.78, 5) is 94.2. The van der Waals surface area contributed by atoms with E-state index in [4.69, 9.17) is 10.5 Å². The van der Waals surface area contributed by atoms with E-state index in [0.29, 0.717) is 5.75 Å². The number of fused-ring (bicyclic) bond motifs is 1. The van der Waals surface area contributed by atoms with E-state index in [-0.39, 0.29) is 77.6 Å².